The van der Waals surface area contributed by atoms with E-state index in [-0.39, 0.29) is 5.91 Å². The molecule has 1 aliphatic rings. The van der Waals surface area contributed by atoms with E-state index in [1.165, 1.54) is 32.1 Å². The van der Waals surface area contributed by atoms with E-state index in [1.54, 1.807) is 12.2 Å². The second kappa shape index (κ2) is 12.4. The third-order valence-corrected chi connectivity index (χ3v) is 4.52. The molecule has 0 atom stereocenters. The SMILES string of the molecule is CCOc1ccc(/C=C/C(=O)NCCCOC2CCCCC2)cc1OCC. The maximum absolute atomic E-state index is 12.0. The van der Waals surface area contributed by atoms with E-state index in [1.807, 2.05) is 32.0 Å². The largest absolute Gasteiger partial charge is 0.490 e. The van der Waals surface area contributed by atoms with E-state index < -0.39 is 0 Å². The van der Waals surface area contributed by atoms with E-state index in [4.69, 9.17) is 14.2 Å². The topological polar surface area (TPSA) is 56.8 Å². The summed E-state index contributed by atoms with van der Waals surface area (Å²) in [5.41, 5.74) is 0.901. The van der Waals surface area contributed by atoms with E-state index >= 15 is 0 Å². The smallest absolute Gasteiger partial charge is 0.244 e. The van der Waals surface area contributed by atoms with Crippen LogP contribution in [0.2, 0.25) is 0 Å². The first-order valence-corrected chi connectivity index (χ1v) is 10.2. The van der Waals surface area contributed by atoms with Gasteiger partial charge < -0.3 is 19.5 Å². The molecule has 1 amide bonds. The van der Waals surface area contributed by atoms with Crippen molar-refractivity contribution in [1.29, 1.82) is 0 Å². The number of carbonyl (C=O) groups is 1. The predicted molar refractivity (Wildman–Crippen MR) is 108 cm³/mol. The van der Waals surface area contributed by atoms with Crippen molar-refractivity contribution in [3.63, 3.8) is 0 Å². The number of benzene rings is 1. The summed E-state index contributed by atoms with van der Waals surface area (Å²) in [6, 6.07) is 5.67. The Bertz CT molecular complexity index is 594. The molecule has 0 heterocycles. The number of amides is 1. The molecule has 1 aliphatic carbocycles. The molecule has 0 unspecified atom stereocenters. The van der Waals surface area contributed by atoms with Crippen molar-refractivity contribution in [2.75, 3.05) is 26.4 Å². The Kier molecular flexibility index (Phi) is 9.77. The molecule has 1 fully saturated rings. The first-order chi connectivity index (χ1) is 13.2. The number of nitrogens with one attached hydrogen (secondary N) is 1. The fourth-order valence-electron chi connectivity index (χ4n) is 3.17. The molecule has 5 nitrogen and oxygen atoms in total. The fourth-order valence-corrected chi connectivity index (χ4v) is 3.17. The van der Waals surface area contributed by atoms with Crippen LogP contribution in [-0.4, -0.2) is 38.4 Å². The number of hydrogen-bond donors (Lipinski definition) is 1. The van der Waals surface area contributed by atoms with Gasteiger partial charge in [0.15, 0.2) is 11.5 Å². The summed E-state index contributed by atoms with van der Waals surface area (Å²) in [5, 5.41) is 2.90. The third kappa shape index (κ3) is 8.04. The lowest BCUT2D eigenvalue weighted by Gasteiger charge is -2.21. The van der Waals surface area contributed by atoms with Crippen molar-refractivity contribution in [2.24, 2.45) is 0 Å². The molecule has 0 aliphatic heterocycles. The van der Waals surface area contributed by atoms with Crippen LogP contribution in [0.25, 0.3) is 6.08 Å². The molecule has 0 aromatic heterocycles. The number of ether oxygens (including phenoxy) is 3. The van der Waals surface area contributed by atoms with Crippen molar-refractivity contribution >= 4 is 12.0 Å². The third-order valence-electron chi connectivity index (χ3n) is 4.52. The van der Waals surface area contributed by atoms with Gasteiger partial charge in [-0.15, -0.1) is 0 Å². The molecule has 0 radical (unpaired) electrons. The van der Waals surface area contributed by atoms with Crippen LogP contribution in [0.3, 0.4) is 0 Å². The standard InChI is InChI=1S/C22H33NO4/c1-3-25-20-13-11-18(17-21(20)26-4-2)12-14-22(24)23-15-8-16-27-19-9-6-5-7-10-19/h11-14,17,19H,3-10,15-16H2,1-2H3,(H,23,24)/b14-12+. The van der Waals surface area contributed by atoms with E-state index in [2.05, 4.69) is 5.32 Å². The molecule has 150 valence electrons. The van der Waals surface area contributed by atoms with Gasteiger partial charge in [-0.3, -0.25) is 4.79 Å². The lowest BCUT2D eigenvalue weighted by molar-refractivity contribution is -0.116. The van der Waals surface area contributed by atoms with Crippen molar-refractivity contribution in [2.45, 2.75) is 58.5 Å². The van der Waals surface area contributed by atoms with Crippen molar-refractivity contribution in [1.82, 2.24) is 5.32 Å². The lowest BCUT2D eigenvalue weighted by Crippen LogP contribution is -2.24. The molecule has 0 bridgehead atoms. The van der Waals surface area contributed by atoms with Crippen LogP contribution in [-0.2, 0) is 9.53 Å². The van der Waals surface area contributed by atoms with Crippen LogP contribution in [0.4, 0.5) is 0 Å². The van der Waals surface area contributed by atoms with Crippen LogP contribution >= 0.6 is 0 Å². The van der Waals surface area contributed by atoms with Gasteiger partial charge >= 0.3 is 0 Å². The molecule has 1 aromatic carbocycles. The van der Waals surface area contributed by atoms with Gasteiger partial charge in [-0.05, 0) is 56.9 Å². The number of rotatable bonds is 11. The molecule has 2 rings (SSSR count). The van der Waals surface area contributed by atoms with Crippen molar-refractivity contribution < 1.29 is 19.0 Å². The maximum Gasteiger partial charge on any atom is 0.244 e. The zero-order valence-corrected chi connectivity index (χ0v) is 16.7. The molecular weight excluding hydrogens is 342 g/mol. The molecule has 1 N–H and O–H groups in total. The second-order valence-electron chi connectivity index (χ2n) is 6.68. The second-order valence-corrected chi connectivity index (χ2v) is 6.68. The van der Waals surface area contributed by atoms with Crippen LogP contribution in [0.5, 0.6) is 11.5 Å². The van der Waals surface area contributed by atoms with Crippen LogP contribution in [0.1, 0.15) is 57.9 Å². The Balaban J connectivity index is 1.71. The Labute approximate surface area is 163 Å². The highest BCUT2D eigenvalue weighted by Crippen LogP contribution is 2.29. The first kappa shape index (κ1) is 21.3. The van der Waals surface area contributed by atoms with E-state index in [0.717, 1.165) is 17.7 Å². The molecule has 1 aromatic rings. The molecule has 5 heteroatoms. The molecule has 1 saturated carbocycles. The van der Waals surface area contributed by atoms with Crippen molar-refractivity contribution in [3.05, 3.63) is 29.8 Å². The zero-order valence-electron chi connectivity index (χ0n) is 16.7. The predicted octanol–water partition coefficient (Wildman–Crippen LogP) is 4.35. The minimum absolute atomic E-state index is 0.0977. The summed E-state index contributed by atoms with van der Waals surface area (Å²) in [6.07, 6.45) is 10.9. The molecule has 0 spiro atoms. The highest BCUT2D eigenvalue weighted by atomic mass is 16.5. The van der Waals surface area contributed by atoms with Crippen molar-refractivity contribution in [3.8, 4) is 11.5 Å². The Morgan fingerprint density at radius 3 is 2.59 bits per heavy atom. The summed E-state index contributed by atoms with van der Waals surface area (Å²) in [7, 11) is 0. The summed E-state index contributed by atoms with van der Waals surface area (Å²) in [4.78, 5) is 12.0. The van der Waals surface area contributed by atoms with Gasteiger partial charge in [-0.2, -0.15) is 0 Å². The molecule has 27 heavy (non-hydrogen) atoms. The van der Waals surface area contributed by atoms with Gasteiger partial charge in [0.25, 0.3) is 0 Å². The van der Waals surface area contributed by atoms with E-state index in [9.17, 15) is 4.79 Å². The molecule has 0 saturated heterocycles. The maximum atomic E-state index is 12.0. The van der Waals surface area contributed by atoms with Crippen LogP contribution < -0.4 is 14.8 Å². The van der Waals surface area contributed by atoms with Gasteiger partial charge in [0.2, 0.25) is 5.91 Å². The number of hydrogen-bond acceptors (Lipinski definition) is 4. The summed E-state index contributed by atoms with van der Waals surface area (Å²) in [5.74, 6) is 1.32. The summed E-state index contributed by atoms with van der Waals surface area (Å²) >= 11 is 0. The number of carbonyl (C=O) groups excluding carboxylic acids is 1. The quantitative estimate of drug-likeness (QED) is 0.461. The van der Waals surface area contributed by atoms with E-state index in [0.29, 0.717) is 38.2 Å². The zero-order chi connectivity index (χ0) is 19.3. The minimum atomic E-state index is -0.0977. The molecular formula is C22H33NO4. The highest BCUT2D eigenvalue weighted by Gasteiger charge is 2.13. The van der Waals surface area contributed by atoms with Gasteiger partial charge in [0.05, 0.1) is 19.3 Å². The van der Waals surface area contributed by atoms with Gasteiger partial charge in [-0.1, -0.05) is 25.3 Å². The van der Waals surface area contributed by atoms with Crippen LogP contribution in [0.15, 0.2) is 24.3 Å². The normalized spacial score (nSPS) is 15.0. The van der Waals surface area contributed by atoms with Gasteiger partial charge in [0.1, 0.15) is 0 Å². The fraction of sp³-hybridized carbons (Fsp3) is 0.591. The minimum Gasteiger partial charge on any atom is -0.490 e. The monoisotopic (exact) mass is 375 g/mol. The van der Waals surface area contributed by atoms with Gasteiger partial charge in [-0.25, -0.2) is 0 Å². The summed E-state index contributed by atoms with van der Waals surface area (Å²) in [6.45, 7) is 6.37. The lowest BCUT2D eigenvalue weighted by atomic mass is 9.98. The average molecular weight is 376 g/mol. The highest BCUT2D eigenvalue weighted by molar-refractivity contribution is 5.91. The Morgan fingerprint density at radius 2 is 1.85 bits per heavy atom. The van der Waals surface area contributed by atoms with Crippen LogP contribution in [0, 0.1) is 0 Å². The Hall–Kier alpha value is -2.01. The summed E-state index contributed by atoms with van der Waals surface area (Å²) < 4.78 is 17.0. The van der Waals surface area contributed by atoms with Gasteiger partial charge in [0, 0.05) is 19.2 Å². The first-order valence-electron chi connectivity index (χ1n) is 10.2. The Morgan fingerprint density at radius 1 is 1.11 bits per heavy atom. The average Bonchev–Trinajstić information content (AvgIpc) is 2.69.